The summed E-state index contributed by atoms with van der Waals surface area (Å²) >= 11 is 0. The van der Waals surface area contributed by atoms with Crippen molar-refractivity contribution in [2.45, 2.75) is 19.1 Å². The largest absolute Gasteiger partial charge is 0.481 e. The second-order valence-electron chi connectivity index (χ2n) is 2.21. The molecule has 4 heteroatoms. The van der Waals surface area contributed by atoms with Gasteiger partial charge in [-0.1, -0.05) is 0 Å². The fourth-order valence-corrected chi connectivity index (χ4v) is 0.729. The first-order chi connectivity index (χ1) is 4.62. The number of carboxylic acids is 1. The third-order valence-corrected chi connectivity index (χ3v) is 1.16. The van der Waals surface area contributed by atoms with E-state index in [0.29, 0.717) is 0 Å². The topological polar surface area (TPSA) is 55.8 Å². The van der Waals surface area contributed by atoms with Crippen molar-refractivity contribution < 1.29 is 19.4 Å². The van der Waals surface area contributed by atoms with Gasteiger partial charge >= 0.3 is 5.97 Å². The Morgan fingerprint density at radius 1 is 1.60 bits per heavy atom. The van der Waals surface area contributed by atoms with Crippen molar-refractivity contribution in [3.63, 3.8) is 0 Å². The first-order valence-corrected chi connectivity index (χ1v) is 2.85. The summed E-state index contributed by atoms with van der Waals surface area (Å²) in [6.07, 6.45) is 2.52. The summed E-state index contributed by atoms with van der Waals surface area (Å²) in [5.74, 6) is -1.93. The Balaban J connectivity index is 2.46. The van der Waals surface area contributed by atoms with E-state index in [9.17, 15) is 4.79 Å². The molecule has 0 saturated heterocycles. The third kappa shape index (κ3) is 1.40. The van der Waals surface area contributed by atoms with Gasteiger partial charge in [0, 0.05) is 6.92 Å². The smallest absolute Gasteiger partial charge is 0.311 e. The van der Waals surface area contributed by atoms with Crippen molar-refractivity contribution in [2.24, 2.45) is 0 Å². The van der Waals surface area contributed by atoms with Gasteiger partial charge in [-0.2, -0.15) is 0 Å². The number of ether oxygens (including phenoxy) is 2. The van der Waals surface area contributed by atoms with Crippen molar-refractivity contribution in [1.29, 1.82) is 0 Å². The molecule has 0 fully saturated rings. The maximum atomic E-state index is 10.2. The van der Waals surface area contributed by atoms with E-state index in [-0.39, 0.29) is 6.42 Å². The zero-order valence-corrected chi connectivity index (χ0v) is 5.53. The lowest BCUT2D eigenvalue weighted by Crippen LogP contribution is -2.28. The van der Waals surface area contributed by atoms with Crippen LogP contribution in [0.5, 0.6) is 0 Å². The Morgan fingerprint density at radius 2 is 2.10 bits per heavy atom. The SMILES string of the molecule is CC1(CC(=O)O)OC=CO1. The van der Waals surface area contributed by atoms with Crippen molar-refractivity contribution in [3.05, 3.63) is 12.5 Å². The highest BCUT2D eigenvalue weighted by Gasteiger charge is 2.32. The molecule has 0 spiro atoms. The maximum Gasteiger partial charge on any atom is 0.311 e. The van der Waals surface area contributed by atoms with Gasteiger partial charge in [0.2, 0.25) is 0 Å². The van der Waals surface area contributed by atoms with Crippen LogP contribution in [0.4, 0.5) is 0 Å². The van der Waals surface area contributed by atoms with E-state index in [2.05, 4.69) is 0 Å². The molecule has 0 aromatic rings. The average molecular weight is 144 g/mol. The predicted molar refractivity (Wildman–Crippen MR) is 32.0 cm³/mol. The lowest BCUT2D eigenvalue weighted by atomic mass is 10.2. The minimum Gasteiger partial charge on any atom is -0.481 e. The molecule has 1 aliphatic heterocycles. The second kappa shape index (κ2) is 2.21. The monoisotopic (exact) mass is 144 g/mol. The van der Waals surface area contributed by atoms with E-state index < -0.39 is 11.8 Å². The Morgan fingerprint density at radius 3 is 2.50 bits per heavy atom. The van der Waals surface area contributed by atoms with Crippen LogP contribution in [0.2, 0.25) is 0 Å². The van der Waals surface area contributed by atoms with Crippen LogP contribution in [0.15, 0.2) is 12.5 Å². The molecule has 1 rings (SSSR count). The first kappa shape index (κ1) is 6.92. The molecule has 0 radical (unpaired) electrons. The van der Waals surface area contributed by atoms with Gasteiger partial charge in [0.1, 0.15) is 18.9 Å². The highest BCUT2D eigenvalue weighted by molar-refractivity contribution is 5.67. The van der Waals surface area contributed by atoms with Crippen LogP contribution in [-0.2, 0) is 14.3 Å². The molecule has 0 aromatic heterocycles. The quantitative estimate of drug-likeness (QED) is 0.619. The minimum absolute atomic E-state index is 0.153. The van der Waals surface area contributed by atoms with Crippen LogP contribution < -0.4 is 0 Å². The normalized spacial score (nSPS) is 19.7. The van der Waals surface area contributed by atoms with E-state index in [0.717, 1.165) is 0 Å². The van der Waals surface area contributed by atoms with Gasteiger partial charge in [0.25, 0.3) is 5.79 Å². The molecule has 1 heterocycles. The Hall–Kier alpha value is -1.19. The zero-order valence-electron chi connectivity index (χ0n) is 5.53. The molecule has 0 bridgehead atoms. The average Bonchev–Trinajstić information content (AvgIpc) is 2.12. The summed E-state index contributed by atoms with van der Waals surface area (Å²) in [4.78, 5) is 10.2. The summed E-state index contributed by atoms with van der Waals surface area (Å²) in [5, 5.41) is 8.35. The molecule has 0 amide bonds. The van der Waals surface area contributed by atoms with Crippen molar-refractivity contribution in [2.75, 3.05) is 0 Å². The van der Waals surface area contributed by atoms with Gasteiger partial charge < -0.3 is 14.6 Å². The van der Waals surface area contributed by atoms with E-state index >= 15 is 0 Å². The van der Waals surface area contributed by atoms with Gasteiger partial charge in [-0.3, -0.25) is 4.79 Å². The first-order valence-electron chi connectivity index (χ1n) is 2.85. The summed E-state index contributed by atoms with van der Waals surface area (Å²) in [6, 6.07) is 0. The molecule has 0 atom stereocenters. The summed E-state index contributed by atoms with van der Waals surface area (Å²) in [5.41, 5.74) is 0. The molecule has 1 aliphatic rings. The lowest BCUT2D eigenvalue weighted by molar-refractivity contribution is -0.163. The minimum atomic E-state index is -0.994. The number of aliphatic carboxylic acids is 1. The molecule has 0 unspecified atom stereocenters. The maximum absolute atomic E-state index is 10.2. The van der Waals surface area contributed by atoms with Gasteiger partial charge in [-0.15, -0.1) is 0 Å². The van der Waals surface area contributed by atoms with Crippen LogP contribution in [0, 0.1) is 0 Å². The van der Waals surface area contributed by atoms with Gasteiger partial charge in [0.05, 0.1) is 0 Å². The number of hydrogen-bond acceptors (Lipinski definition) is 3. The van der Waals surface area contributed by atoms with Crippen LogP contribution in [0.3, 0.4) is 0 Å². The summed E-state index contributed by atoms with van der Waals surface area (Å²) in [7, 11) is 0. The van der Waals surface area contributed by atoms with Crippen LogP contribution in [0.1, 0.15) is 13.3 Å². The molecule has 10 heavy (non-hydrogen) atoms. The van der Waals surface area contributed by atoms with E-state index in [1.807, 2.05) is 0 Å². The lowest BCUT2D eigenvalue weighted by Gasteiger charge is -2.19. The van der Waals surface area contributed by atoms with Crippen LogP contribution >= 0.6 is 0 Å². The summed E-state index contributed by atoms with van der Waals surface area (Å²) in [6.45, 7) is 1.57. The molecular formula is C6H8O4. The second-order valence-corrected chi connectivity index (χ2v) is 2.21. The number of rotatable bonds is 2. The standard InChI is InChI=1S/C6H8O4/c1-6(4-5(7)8)9-2-3-10-6/h2-3H,4H2,1H3,(H,7,8). The van der Waals surface area contributed by atoms with Crippen molar-refractivity contribution >= 4 is 5.97 Å². The van der Waals surface area contributed by atoms with Crippen molar-refractivity contribution in [1.82, 2.24) is 0 Å². The molecule has 56 valence electrons. The fraction of sp³-hybridized carbons (Fsp3) is 0.500. The van der Waals surface area contributed by atoms with Gasteiger partial charge in [-0.25, -0.2) is 0 Å². The Kier molecular flexibility index (Phi) is 1.53. The zero-order chi connectivity index (χ0) is 7.61. The third-order valence-electron chi connectivity index (χ3n) is 1.16. The molecule has 0 aromatic carbocycles. The highest BCUT2D eigenvalue weighted by Crippen LogP contribution is 2.22. The fourth-order valence-electron chi connectivity index (χ4n) is 0.729. The van der Waals surface area contributed by atoms with Crippen LogP contribution in [0.25, 0.3) is 0 Å². The number of carboxylic acid groups (broad SMARTS) is 1. The molecule has 0 saturated carbocycles. The molecule has 1 N–H and O–H groups in total. The Bertz CT molecular complexity index is 165. The molecular weight excluding hydrogens is 136 g/mol. The Labute approximate surface area is 58.1 Å². The number of hydrogen-bond donors (Lipinski definition) is 1. The molecule has 4 nitrogen and oxygen atoms in total. The van der Waals surface area contributed by atoms with Gasteiger partial charge in [-0.05, 0) is 0 Å². The van der Waals surface area contributed by atoms with E-state index in [1.54, 1.807) is 6.92 Å². The number of carbonyl (C=O) groups is 1. The summed E-state index contributed by atoms with van der Waals surface area (Å²) < 4.78 is 9.74. The highest BCUT2D eigenvalue weighted by atomic mass is 16.7. The van der Waals surface area contributed by atoms with Crippen molar-refractivity contribution in [3.8, 4) is 0 Å². The van der Waals surface area contributed by atoms with E-state index in [4.69, 9.17) is 14.6 Å². The molecule has 0 aliphatic carbocycles. The van der Waals surface area contributed by atoms with E-state index in [1.165, 1.54) is 12.5 Å². The van der Waals surface area contributed by atoms with Crippen LogP contribution in [-0.4, -0.2) is 16.9 Å². The van der Waals surface area contributed by atoms with Gasteiger partial charge in [0.15, 0.2) is 0 Å². The predicted octanol–water partition coefficient (Wildman–Crippen LogP) is 0.695.